The van der Waals surface area contributed by atoms with Gasteiger partial charge in [0.05, 0.1) is 0 Å². The van der Waals surface area contributed by atoms with Crippen LogP contribution >= 0.6 is 0 Å². The zero-order valence-corrected chi connectivity index (χ0v) is 14.3. The van der Waals surface area contributed by atoms with Gasteiger partial charge in [0.1, 0.15) is 10.6 Å². The fourth-order valence-electron chi connectivity index (χ4n) is 2.17. The molecule has 0 aliphatic heterocycles. The van der Waals surface area contributed by atoms with Gasteiger partial charge in [-0.1, -0.05) is 30.3 Å². The van der Waals surface area contributed by atoms with Crippen LogP contribution in [0.3, 0.4) is 0 Å². The first-order chi connectivity index (χ1) is 10.8. The first-order valence-corrected chi connectivity index (χ1v) is 8.67. The van der Waals surface area contributed by atoms with Gasteiger partial charge < -0.3 is 9.88 Å². The molecule has 1 aromatic heterocycles. The van der Waals surface area contributed by atoms with Gasteiger partial charge in [0.2, 0.25) is 10.0 Å². The summed E-state index contributed by atoms with van der Waals surface area (Å²) < 4.78 is 26.8. The molecule has 0 bridgehead atoms. The molecule has 1 aromatic carbocycles. The van der Waals surface area contributed by atoms with Crippen molar-refractivity contribution < 1.29 is 13.2 Å². The minimum atomic E-state index is -3.54. The van der Waals surface area contributed by atoms with E-state index < -0.39 is 10.0 Å². The Bertz CT molecular complexity index is 780. The Kier molecular flexibility index (Phi) is 5.23. The molecule has 1 N–H and O–H groups in total. The number of carbonyl (C=O) groups is 1. The number of benzene rings is 1. The molecule has 0 saturated carbocycles. The SMILES string of the molecule is CN(C)S(=O)(=O)c1cc(C(=O)NCCc2ccccc2)n(C)c1. The maximum Gasteiger partial charge on any atom is 0.267 e. The van der Waals surface area contributed by atoms with Crippen LogP contribution in [0.25, 0.3) is 0 Å². The van der Waals surface area contributed by atoms with E-state index in [1.54, 1.807) is 7.05 Å². The summed E-state index contributed by atoms with van der Waals surface area (Å²) >= 11 is 0. The first kappa shape index (κ1) is 17.2. The normalized spacial score (nSPS) is 11.7. The summed E-state index contributed by atoms with van der Waals surface area (Å²) in [6, 6.07) is 11.2. The van der Waals surface area contributed by atoms with Crippen LogP contribution in [-0.4, -0.2) is 43.8 Å². The van der Waals surface area contributed by atoms with E-state index in [1.165, 1.54) is 30.9 Å². The molecule has 0 unspecified atom stereocenters. The van der Waals surface area contributed by atoms with Crippen molar-refractivity contribution >= 4 is 15.9 Å². The van der Waals surface area contributed by atoms with Gasteiger partial charge in [0.15, 0.2) is 0 Å². The van der Waals surface area contributed by atoms with Crippen molar-refractivity contribution in [2.24, 2.45) is 7.05 Å². The highest BCUT2D eigenvalue weighted by Crippen LogP contribution is 2.16. The Morgan fingerprint density at radius 2 is 1.87 bits per heavy atom. The highest BCUT2D eigenvalue weighted by atomic mass is 32.2. The number of hydrogen-bond acceptors (Lipinski definition) is 3. The Morgan fingerprint density at radius 1 is 1.22 bits per heavy atom. The van der Waals surface area contributed by atoms with E-state index in [2.05, 4.69) is 5.32 Å². The number of nitrogens with zero attached hydrogens (tertiary/aromatic N) is 2. The lowest BCUT2D eigenvalue weighted by Gasteiger charge is -2.08. The van der Waals surface area contributed by atoms with Crippen LogP contribution in [0.4, 0.5) is 0 Å². The molecule has 0 aliphatic carbocycles. The van der Waals surface area contributed by atoms with E-state index >= 15 is 0 Å². The van der Waals surface area contributed by atoms with Gasteiger partial charge >= 0.3 is 0 Å². The summed E-state index contributed by atoms with van der Waals surface area (Å²) in [4.78, 5) is 12.3. The third-order valence-electron chi connectivity index (χ3n) is 3.53. The smallest absolute Gasteiger partial charge is 0.267 e. The number of aromatic nitrogens is 1. The van der Waals surface area contributed by atoms with Crippen LogP contribution in [0.5, 0.6) is 0 Å². The molecule has 0 aliphatic rings. The Labute approximate surface area is 136 Å². The molecule has 0 radical (unpaired) electrons. The second-order valence-corrected chi connectivity index (χ2v) is 7.60. The molecule has 1 heterocycles. The van der Waals surface area contributed by atoms with Gasteiger partial charge in [-0.15, -0.1) is 0 Å². The van der Waals surface area contributed by atoms with E-state index in [0.717, 1.165) is 16.3 Å². The van der Waals surface area contributed by atoms with E-state index in [1.807, 2.05) is 30.3 Å². The topological polar surface area (TPSA) is 71.4 Å². The first-order valence-electron chi connectivity index (χ1n) is 7.23. The van der Waals surface area contributed by atoms with Gasteiger partial charge in [-0.2, -0.15) is 0 Å². The molecular formula is C16H21N3O3S. The summed E-state index contributed by atoms with van der Waals surface area (Å²) in [6.45, 7) is 0.490. The summed E-state index contributed by atoms with van der Waals surface area (Å²) in [5.74, 6) is -0.288. The molecule has 2 rings (SSSR count). The average molecular weight is 335 g/mol. The molecule has 7 heteroatoms. The molecule has 1 amide bonds. The minimum absolute atomic E-state index is 0.109. The molecule has 0 spiro atoms. The van der Waals surface area contributed by atoms with Crippen LogP contribution in [-0.2, 0) is 23.5 Å². The van der Waals surface area contributed by atoms with Crippen LogP contribution in [0.2, 0.25) is 0 Å². The van der Waals surface area contributed by atoms with E-state index in [4.69, 9.17) is 0 Å². The summed E-state index contributed by atoms with van der Waals surface area (Å²) in [5.41, 5.74) is 1.45. The standard InChI is InChI=1S/C16H21N3O3S/c1-18(2)23(21,22)14-11-15(19(3)12-14)16(20)17-10-9-13-7-5-4-6-8-13/h4-8,11-12H,9-10H2,1-3H3,(H,17,20). The monoisotopic (exact) mass is 335 g/mol. The van der Waals surface area contributed by atoms with E-state index in [-0.39, 0.29) is 10.8 Å². The highest BCUT2D eigenvalue weighted by Gasteiger charge is 2.22. The van der Waals surface area contributed by atoms with Gasteiger partial charge in [-0.25, -0.2) is 12.7 Å². The maximum absolute atomic E-state index is 12.2. The molecule has 0 fully saturated rings. The summed E-state index contributed by atoms with van der Waals surface area (Å²) in [5, 5.41) is 2.81. The largest absolute Gasteiger partial charge is 0.350 e. The molecule has 0 saturated heterocycles. The van der Waals surface area contributed by atoms with Gasteiger partial charge in [-0.3, -0.25) is 4.79 Å². The minimum Gasteiger partial charge on any atom is -0.350 e. The molecule has 0 atom stereocenters. The van der Waals surface area contributed by atoms with Crippen molar-refractivity contribution in [2.75, 3.05) is 20.6 Å². The van der Waals surface area contributed by atoms with Crippen LogP contribution in [0.1, 0.15) is 16.1 Å². The lowest BCUT2D eigenvalue weighted by Crippen LogP contribution is -2.27. The quantitative estimate of drug-likeness (QED) is 0.863. The second-order valence-electron chi connectivity index (χ2n) is 5.45. The third kappa shape index (κ3) is 4.00. The fourth-order valence-corrected chi connectivity index (χ4v) is 3.14. The number of nitrogens with one attached hydrogen (secondary N) is 1. The Hall–Kier alpha value is -2.12. The van der Waals surface area contributed by atoms with Crippen molar-refractivity contribution in [3.05, 3.63) is 53.9 Å². The van der Waals surface area contributed by atoms with Crippen molar-refractivity contribution in [3.8, 4) is 0 Å². The third-order valence-corrected chi connectivity index (χ3v) is 5.31. The van der Waals surface area contributed by atoms with Gasteiger partial charge in [0, 0.05) is 33.9 Å². The zero-order valence-electron chi connectivity index (χ0n) is 13.5. The molecule has 2 aromatic rings. The van der Waals surface area contributed by atoms with E-state index in [9.17, 15) is 13.2 Å². The van der Waals surface area contributed by atoms with Crippen molar-refractivity contribution in [1.29, 1.82) is 0 Å². The fraction of sp³-hybridized carbons (Fsp3) is 0.312. The Balaban J connectivity index is 2.04. The highest BCUT2D eigenvalue weighted by molar-refractivity contribution is 7.89. The molecule has 23 heavy (non-hydrogen) atoms. The Morgan fingerprint density at radius 3 is 2.48 bits per heavy atom. The predicted molar refractivity (Wildman–Crippen MR) is 88.8 cm³/mol. The number of rotatable bonds is 6. The summed E-state index contributed by atoms with van der Waals surface area (Å²) in [7, 11) is 1.03. The second kappa shape index (κ2) is 6.97. The number of amides is 1. The maximum atomic E-state index is 12.2. The van der Waals surface area contributed by atoms with Crippen molar-refractivity contribution in [2.45, 2.75) is 11.3 Å². The van der Waals surface area contributed by atoms with Crippen molar-refractivity contribution in [3.63, 3.8) is 0 Å². The number of carbonyl (C=O) groups excluding carboxylic acids is 1. The molecule has 124 valence electrons. The lowest BCUT2D eigenvalue weighted by molar-refractivity contribution is 0.0946. The van der Waals surface area contributed by atoms with Gasteiger partial charge in [-0.05, 0) is 18.1 Å². The molecular weight excluding hydrogens is 314 g/mol. The van der Waals surface area contributed by atoms with Crippen LogP contribution in [0, 0.1) is 0 Å². The number of hydrogen-bond donors (Lipinski definition) is 1. The predicted octanol–water partition coefficient (Wildman–Crippen LogP) is 1.25. The number of sulfonamides is 1. The molecule has 6 nitrogen and oxygen atoms in total. The van der Waals surface area contributed by atoms with Crippen LogP contribution < -0.4 is 5.32 Å². The lowest BCUT2D eigenvalue weighted by atomic mass is 10.1. The van der Waals surface area contributed by atoms with Crippen LogP contribution in [0.15, 0.2) is 47.5 Å². The number of aryl methyl sites for hydroxylation is 1. The van der Waals surface area contributed by atoms with Crippen molar-refractivity contribution in [1.82, 2.24) is 14.2 Å². The van der Waals surface area contributed by atoms with Gasteiger partial charge in [0.25, 0.3) is 5.91 Å². The zero-order chi connectivity index (χ0) is 17.0. The van der Waals surface area contributed by atoms with E-state index in [0.29, 0.717) is 12.2 Å². The average Bonchev–Trinajstić information content (AvgIpc) is 2.91. The summed E-state index contributed by atoms with van der Waals surface area (Å²) in [6.07, 6.45) is 2.17.